The quantitative estimate of drug-likeness (QED) is 0.152. The number of nitro groups is 1. The number of anilines is 2. The maximum atomic E-state index is 14.1. The predicted octanol–water partition coefficient (Wildman–Crippen LogP) is 5.35. The number of hydrogen-bond donors (Lipinski definition) is 1. The number of non-ortho nitro benzene ring substituents is 1. The molecule has 1 saturated heterocycles. The second-order valence-electron chi connectivity index (χ2n) is 8.34. The summed E-state index contributed by atoms with van der Waals surface area (Å²) in [6, 6.07) is 13.6. The fourth-order valence-electron chi connectivity index (χ4n) is 4.43. The molecule has 1 amide bonds. The smallest absolute Gasteiger partial charge is 0.300 e. The average molecular weight is 507 g/mol. The van der Waals surface area contributed by atoms with Crippen molar-refractivity contribution < 1.29 is 28.4 Å². The molecule has 190 valence electrons. The molecular weight excluding hydrogens is 484 g/mol. The lowest BCUT2D eigenvalue weighted by Gasteiger charge is -2.27. The zero-order valence-corrected chi connectivity index (χ0v) is 20.0. The number of benzene rings is 3. The second kappa shape index (κ2) is 10.2. The van der Waals surface area contributed by atoms with Gasteiger partial charge in [-0.3, -0.25) is 24.6 Å². The molecule has 0 saturated carbocycles. The van der Waals surface area contributed by atoms with Crippen LogP contribution in [0.3, 0.4) is 0 Å². The Morgan fingerprint density at radius 1 is 1.00 bits per heavy atom. The van der Waals surface area contributed by atoms with E-state index in [-0.39, 0.29) is 22.5 Å². The Morgan fingerprint density at radius 3 is 2.27 bits per heavy atom. The number of rotatable bonds is 7. The van der Waals surface area contributed by atoms with Crippen molar-refractivity contribution in [2.75, 3.05) is 22.9 Å². The van der Waals surface area contributed by atoms with Crippen LogP contribution in [0, 0.1) is 21.7 Å². The minimum Gasteiger partial charge on any atom is -0.507 e. The number of amides is 1. The normalized spacial score (nSPS) is 16.8. The van der Waals surface area contributed by atoms with Gasteiger partial charge >= 0.3 is 0 Å². The van der Waals surface area contributed by atoms with E-state index in [0.29, 0.717) is 5.56 Å². The van der Waals surface area contributed by atoms with Gasteiger partial charge in [0.2, 0.25) is 0 Å². The van der Waals surface area contributed by atoms with E-state index in [1.165, 1.54) is 18.2 Å². The summed E-state index contributed by atoms with van der Waals surface area (Å²) in [6.07, 6.45) is 0. The fraction of sp³-hybridized carbons (Fsp3) is 0.185. The van der Waals surface area contributed by atoms with Gasteiger partial charge in [-0.1, -0.05) is 24.3 Å². The number of nitrogens with zero attached hydrogens (tertiary/aromatic N) is 3. The second-order valence-corrected chi connectivity index (χ2v) is 8.34. The monoisotopic (exact) mass is 507 g/mol. The molecule has 1 aliphatic heterocycles. The molecule has 1 aliphatic rings. The SMILES string of the molecule is CCN(CC)c1ccc(C2/C(=C(\O)c3cccc([N+](=O)[O-])c3)C(=O)C(=O)N2c2ccc(F)c(F)c2)cc1. The third-order valence-corrected chi connectivity index (χ3v) is 6.29. The first-order chi connectivity index (χ1) is 17.7. The third kappa shape index (κ3) is 4.65. The molecule has 0 bridgehead atoms. The van der Waals surface area contributed by atoms with E-state index in [1.807, 2.05) is 13.8 Å². The van der Waals surface area contributed by atoms with Gasteiger partial charge in [0.15, 0.2) is 11.6 Å². The van der Waals surface area contributed by atoms with E-state index in [4.69, 9.17) is 0 Å². The number of nitro benzene ring substituents is 1. The van der Waals surface area contributed by atoms with Crippen LogP contribution in [0.15, 0.2) is 72.3 Å². The van der Waals surface area contributed by atoms with Crippen LogP contribution >= 0.6 is 0 Å². The zero-order chi connectivity index (χ0) is 26.9. The standard InChI is InChI=1S/C27H23F2N3O5/c1-3-30(4-2)18-10-8-16(9-11-18)24-23(25(33)17-6-5-7-20(14-17)32(36)37)26(34)27(35)31(24)19-12-13-21(28)22(29)15-19/h5-15,24,33H,3-4H2,1-2H3/b25-23+. The third-order valence-electron chi connectivity index (χ3n) is 6.29. The number of carbonyl (C=O) groups excluding carboxylic acids is 2. The molecule has 0 aliphatic carbocycles. The van der Waals surface area contributed by atoms with Crippen molar-refractivity contribution in [3.05, 3.63) is 105 Å². The molecule has 4 rings (SSSR count). The molecule has 0 radical (unpaired) electrons. The Kier molecular flexibility index (Phi) is 7.01. The van der Waals surface area contributed by atoms with Gasteiger partial charge in [0.1, 0.15) is 5.76 Å². The first-order valence-electron chi connectivity index (χ1n) is 11.5. The lowest BCUT2D eigenvalue weighted by atomic mass is 9.94. The minimum atomic E-state index is -1.21. The van der Waals surface area contributed by atoms with E-state index >= 15 is 0 Å². The van der Waals surface area contributed by atoms with Crippen molar-refractivity contribution in [1.29, 1.82) is 0 Å². The van der Waals surface area contributed by atoms with Crippen LogP contribution in [-0.4, -0.2) is 34.8 Å². The Bertz CT molecular complexity index is 1420. The number of Topliss-reactive ketones (excluding diaryl/α,β-unsaturated/α-hetero) is 1. The van der Waals surface area contributed by atoms with Gasteiger partial charge in [-0.25, -0.2) is 8.78 Å². The summed E-state index contributed by atoms with van der Waals surface area (Å²) in [6.45, 7) is 5.48. The Balaban J connectivity index is 1.92. The van der Waals surface area contributed by atoms with Crippen LogP contribution in [-0.2, 0) is 9.59 Å². The van der Waals surface area contributed by atoms with Crippen LogP contribution in [0.5, 0.6) is 0 Å². The molecule has 10 heteroatoms. The number of hydrogen-bond acceptors (Lipinski definition) is 6. The highest BCUT2D eigenvalue weighted by molar-refractivity contribution is 6.51. The van der Waals surface area contributed by atoms with E-state index in [2.05, 4.69) is 4.90 Å². The van der Waals surface area contributed by atoms with Gasteiger partial charge in [-0.15, -0.1) is 0 Å². The van der Waals surface area contributed by atoms with E-state index in [1.54, 1.807) is 24.3 Å². The summed E-state index contributed by atoms with van der Waals surface area (Å²) >= 11 is 0. The molecule has 0 spiro atoms. The highest BCUT2D eigenvalue weighted by atomic mass is 19.2. The highest BCUT2D eigenvalue weighted by Gasteiger charge is 2.47. The van der Waals surface area contributed by atoms with Gasteiger partial charge in [-0.2, -0.15) is 0 Å². The number of ketones is 1. The maximum absolute atomic E-state index is 14.1. The van der Waals surface area contributed by atoms with Crippen LogP contribution in [0.25, 0.3) is 5.76 Å². The lowest BCUT2D eigenvalue weighted by molar-refractivity contribution is -0.384. The topological polar surface area (TPSA) is 104 Å². The molecule has 1 heterocycles. The van der Waals surface area contributed by atoms with E-state index in [0.717, 1.165) is 47.9 Å². The number of halogens is 2. The van der Waals surface area contributed by atoms with Crippen molar-refractivity contribution >= 4 is 34.5 Å². The Hall–Kier alpha value is -4.60. The molecule has 0 aromatic heterocycles. The molecule has 3 aromatic rings. The van der Waals surface area contributed by atoms with Gasteiger partial charge in [0.25, 0.3) is 17.4 Å². The molecule has 1 fully saturated rings. The fourth-order valence-corrected chi connectivity index (χ4v) is 4.43. The van der Waals surface area contributed by atoms with Crippen LogP contribution in [0.2, 0.25) is 0 Å². The van der Waals surface area contributed by atoms with Gasteiger partial charge < -0.3 is 10.0 Å². The van der Waals surface area contributed by atoms with Crippen molar-refractivity contribution in [3.8, 4) is 0 Å². The average Bonchev–Trinajstić information content (AvgIpc) is 3.16. The largest absolute Gasteiger partial charge is 0.507 e. The van der Waals surface area contributed by atoms with E-state index < -0.39 is 40.0 Å². The summed E-state index contributed by atoms with van der Waals surface area (Å²) in [7, 11) is 0. The first-order valence-corrected chi connectivity index (χ1v) is 11.5. The van der Waals surface area contributed by atoms with Crippen LogP contribution < -0.4 is 9.80 Å². The van der Waals surface area contributed by atoms with Crippen molar-refractivity contribution in [2.45, 2.75) is 19.9 Å². The van der Waals surface area contributed by atoms with Crippen molar-refractivity contribution in [2.24, 2.45) is 0 Å². The molecule has 37 heavy (non-hydrogen) atoms. The zero-order valence-electron chi connectivity index (χ0n) is 20.0. The number of aliphatic hydroxyl groups is 1. The Morgan fingerprint density at radius 2 is 1.68 bits per heavy atom. The van der Waals surface area contributed by atoms with Crippen LogP contribution in [0.4, 0.5) is 25.8 Å². The van der Waals surface area contributed by atoms with Crippen molar-refractivity contribution in [1.82, 2.24) is 0 Å². The Labute approximate surface area is 211 Å². The predicted molar refractivity (Wildman–Crippen MR) is 134 cm³/mol. The van der Waals surface area contributed by atoms with Gasteiger partial charge in [0, 0.05) is 48.2 Å². The number of aliphatic hydroxyl groups excluding tert-OH is 1. The highest BCUT2D eigenvalue weighted by Crippen LogP contribution is 2.43. The van der Waals surface area contributed by atoms with E-state index in [9.17, 15) is 33.6 Å². The summed E-state index contributed by atoms with van der Waals surface area (Å²) in [4.78, 5) is 40.0. The van der Waals surface area contributed by atoms with Gasteiger partial charge in [-0.05, 0) is 43.7 Å². The molecule has 1 unspecified atom stereocenters. The summed E-state index contributed by atoms with van der Waals surface area (Å²) < 4.78 is 27.8. The number of carbonyl (C=O) groups is 2. The molecule has 1 atom stereocenters. The molecule has 3 aromatic carbocycles. The summed E-state index contributed by atoms with van der Waals surface area (Å²) in [5, 5.41) is 22.4. The maximum Gasteiger partial charge on any atom is 0.300 e. The lowest BCUT2D eigenvalue weighted by Crippen LogP contribution is -2.29. The molecular formula is C27H23F2N3O5. The summed E-state index contributed by atoms with van der Waals surface area (Å²) in [5.41, 5.74) is 0.535. The molecule has 8 nitrogen and oxygen atoms in total. The van der Waals surface area contributed by atoms with Crippen LogP contribution in [0.1, 0.15) is 31.0 Å². The summed E-state index contributed by atoms with van der Waals surface area (Å²) in [5.74, 6) is -5.09. The first kappa shape index (κ1) is 25.5. The molecule has 1 N–H and O–H groups in total. The van der Waals surface area contributed by atoms with Crippen molar-refractivity contribution in [3.63, 3.8) is 0 Å². The van der Waals surface area contributed by atoms with Gasteiger partial charge in [0.05, 0.1) is 16.5 Å². The minimum absolute atomic E-state index is 0.0396.